The Kier molecular flexibility index (Phi) is 2.01. The fourth-order valence-electron chi connectivity index (χ4n) is 1.73. The maximum atomic E-state index is 11.7. The van der Waals surface area contributed by atoms with Gasteiger partial charge in [0, 0.05) is 6.04 Å². The van der Waals surface area contributed by atoms with Crippen LogP contribution in [0.1, 0.15) is 11.6 Å². The van der Waals surface area contributed by atoms with Crippen molar-refractivity contribution in [1.82, 2.24) is 0 Å². The zero-order valence-electron chi connectivity index (χ0n) is 7.73. The highest BCUT2D eigenvalue weighted by atomic mass is 32.2. The lowest BCUT2D eigenvalue weighted by molar-refractivity contribution is 0.402. The van der Waals surface area contributed by atoms with Crippen molar-refractivity contribution in [1.29, 1.82) is 0 Å². The maximum Gasteiger partial charge on any atom is 0.184 e. The topological polar surface area (TPSA) is 69.4 Å². The van der Waals surface area contributed by atoms with Crippen LogP contribution in [0.25, 0.3) is 0 Å². The summed E-state index contributed by atoms with van der Waals surface area (Å²) < 4.78 is 28.4. The minimum Gasteiger partial charge on any atom is -0.495 e. The Labute approximate surface area is 82.6 Å². The molecule has 4 nitrogen and oxygen atoms in total. The Hall–Kier alpha value is -1.07. The van der Waals surface area contributed by atoms with E-state index in [2.05, 4.69) is 0 Å². The van der Waals surface area contributed by atoms with Gasteiger partial charge >= 0.3 is 0 Å². The molecule has 76 valence electrons. The van der Waals surface area contributed by atoms with Gasteiger partial charge in [0.1, 0.15) is 10.6 Å². The average molecular weight is 213 g/mol. The van der Waals surface area contributed by atoms with Crippen molar-refractivity contribution < 1.29 is 13.2 Å². The number of ether oxygens (including phenoxy) is 1. The Morgan fingerprint density at radius 2 is 2.21 bits per heavy atom. The molecule has 1 heterocycles. The smallest absolute Gasteiger partial charge is 0.184 e. The Balaban J connectivity index is 2.76. The molecule has 2 rings (SSSR count). The number of rotatable bonds is 1. The summed E-state index contributed by atoms with van der Waals surface area (Å²) in [6, 6.07) is 4.69. The largest absolute Gasteiger partial charge is 0.495 e. The molecule has 0 fully saturated rings. The molecule has 1 unspecified atom stereocenters. The van der Waals surface area contributed by atoms with Gasteiger partial charge in [0.05, 0.1) is 12.9 Å². The number of sulfone groups is 1. The van der Waals surface area contributed by atoms with Crippen molar-refractivity contribution in [2.24, 2.45) is 5.73 Å². The lowest BCUT2D eigenvalue weighted by atomic mass is 10.1. The van der Waals surface area contributed by atoms with E-state index < -0.39 is 15.9 Å². The quantitative estimate of drug-likeness (QED) is 0.736. The van der Waals surface area contributed by atoms with Gasteiger partial charge in [-0.25, -0.2) is 8.42 Å². The van der Waals surface area contributed by atoms with Crippen molar-refractivity contribution in [2.45, 2.75) is 10.9 Å². The SMILES string of the molecule is COc1cccc2c1S(=O)(=O)CC2N. The van der Waals surface area contributed by atoms with Gasteiger partial charge in [-0.2, -0.15) is 0 Å². The number of nitrogens with two attached hydrogens (primary N) is 1. The third kappa shape index (κ3) is 1.20. The fourth-order valence-corrected chi connectivity index (χ4v) is 3.58. The van der Waals surface area contributed by atoms with E-state index in [1.807, 2.05) is 0 Å². The number of hydrogen-bond donors (Lipinski definition) is 1. The molecule has 1 atom stereocenters. The molecule has 1 aliphatic rings. The Morgan fingerprint density at radius 1 is 1.50 bits per heavy atom. The van der Waals surface area contributed by atoms with E-state index in [0.717, 1.165) is 0 Å². The number of benzene rings is 1. The van der Waals surface area contributed by atoms with Crippen LogP contribution in [-0.2, 0) is 9.84 Å². The summed E-state index contributed by atoms with van der Waals surface area (Å²) in [7, 11) is -1.79. The fraction of sp³-hybridized carbons (Fsp3) is 0.333. The molecule has 0 bridgehead atoms. The third-order valence-corrected chi connectivity index (χ3v) is 4.20. The summed E-state index contributed by atoms with van der Waals surface area (Å²) in [5.41, 5.74) is 6.37. The number of fused-ring (bicyclic) bond motifs is 1. The highest BCUT2D eigenvalue weighted by molar-refractivity contribution is 7.91. The molecule has 0 aliphatic carbocycles. The molecule has 5 heteroatoms. The van der Waals surface area contributed by atoms with Gasteiger partial charge in [-0.15, -0.1) is 0 Å². The molecule has 2 N–H and O–H groups in total. The monoisotopic (exact) mass is 213 g/mol. The number of methoxy groups -OCH3 is 1. The second-order valence-electron chi connectivity index (χ2n) is 3.27. The van der Waals surface area contributed by atoms with Crippen molar-refractivity contribution >= 4 is 9.84 Å². The number of hydrogen-bond acceptors (Lipinski definition) is 4. The minimum absolute atomic E-state index is 0.0251. The van der Waals surface area contributed by atoms with Gasteiger partial charge in [0.25, 0.3) is 0 Å². The van der Waals surface area contributed by atoms with Crippen LogP contribution < -0.4 is 10.5 Å². The summed E-state index contributed by atoms with van der Waals surface area (Å²) >= 11 is 0. The molecular formula is C9H11NO3S. The highest BCUT2D eigenvalue weighted by Gasteiger charge is 2.35. The van der Waals surface area contributed by atoms with E-state index in [1.54, 1.807) is 18.2 Å². The molecule has 0 radical (unpaired) electrons. The molecule has 14 heavy (non-hydrogen) atoms. The molecule has 1 aromatic rings. The summed E-state index contributed by atoms with van der Waals surface area (Å²) in [4.78, 5) is 0.259. The van der Waals surface area contributed by atoms with E-state index >= 15 is 0 Å². The summed E-state index contributed by atoms with van der Waals surface area (Å²) in [6.07, 6.45) is 0. The van der Waals surface area contributed by atoms with Crippen LogP contribution in [0.4, 0.5) is 0 Å². The first-order chi connectivity index (χ1) is 6.56. The van der Waals surface area contributed by atoms with Gasteiger partial charge < -0.3 is 10.5 Å². The maximum absolute atomic E-state index is 11.7. The standard InChI is InChI=1S/C9H11NO3S/c1-13-8-4-2-3-6-7(10)5-14(11,12)9(6)8/h2-4,7H,5,10H2,1H3. The van der Waals surface area contributed by atoms with Gasteiger partial charge in [0.15, 0.2) is 9.84 Å². The van der Waals surface area contributed by atoms with E-state index in [-0.39, 0.29) is 10.6 Å². The third-order valence-electron chi connectivity index (χ3n) is 2.34. The first kappa shape index (κ1) is 9.48. The van der Waals surface area contributed by atoms with E-state index in [9.17, 15) is 8.42 Å². The lowest BCUT2D eigenvalue weighted by Gasteiger charge is -2.06. The van der Waals surface area contributed by atoms with Crippen molar-refractivity contribution in [2.75, 3.05) is 12.9 Å². The zero-order chi connectivity index (χ0) is 10.3. The predicted octanol–water partition coefficient (Wildman–Crippen LogP) is 0.482. The molecule has 1 aliphatic heterocycles. The van der Waals surface area contributed by atoms with Crippen LogP contribution in [0.2, 0.25) is 0 Å². The molecule has 0 aromatic heterocycles. The van der Waals surface area contributed by atoms with E-state index in [0.29, 0.717) is 11.3 Å². The van der Waals surface area contributed by atoms with Crippen molar-refractivity contribution in [3.05, 3.63) is 23.8 Å². The molecule has 0 spiro atoms. The second kappa shape index (κ2) is 2.96. The van der Waals surface area contributed by atoms with Crippen LogP contribution in [0.5, 0.6) is 5.75 Å². The minimum atomic E-state index is -3.25. The van der Waals surface area contributed by atoms with Crippen molar-refractivity contribution in [3.63, 3.8) is 0 Å². The van der Waals surface area contributed by atoms with Crippen LogP contribution >= 0.6 is 0 Å². The molecule has 0 amide bonds. The average Bonchev–Trinajstić information content (AvgIpc) is 2.38. The Bertz CT molecular complexity index is 467. The lowest BCUT2D eigenvalue weighted by Crippen LogP contribution is -2.11. The molecule has 0 saturated carbocycles. The Morgan fingerprint density at radius 3 is 2.86 bits per heavy atom. The summed E-state index contributed by atoms with van der Waals surface area (Å²) in [5.74, 6) is 0.360. The summed E-state index contributed by atoms with van der Waals surface area (Å²) in [6.45, 7) is 0. The van der Waals surface area contributed by atoms with Gasteiger partial charge in [0.2, 0.25) is 0 Å². The first-order valence-corrected chi connectivity index (χ1v) is 5.87. The van der Waals surface area contributed by atoms with Crippen LogP contribution in [0.3, 0.4) is 0 Å². The second-order valence-corrected chi connectivity index (χ2v) is 5.24. The first-order valence-electron chi connectivity index (χ1n) is 4.21. The van der Waals surface area contributed by atoms with Gasteiger partial charge in [-0.05, 0) is 11.6 Å². The molecule has 0 saturated heterocycles. The van der Waals surface area contributed by atoms with E-state index in [1.165, 1.54) is 7.11 Å². The van der Waals surface area contributed by atoms with Crippen LogP contribution in [0.15, 0.2) is 23.1 Å². The zero-order valence-corrected chi connectivity index (χ0v) is 8.54. The van der Waals surface area contributed by atoms with Crippen LogP contribution in [0, 0.1) is 0 Å². The summed E-state index contributed by atoms with van der Waals surface area (Å²) in [5, 5.41) is 0. The van der Waals surface area contributed by atoms with Crippen LogP contribution in [-0.4, -0.2) is 21.3 Å². The molecule has 1 aromatic carbocycles. The highest BCUT2D eigenvalue weighted by Crippen LogP contribution is 2.38. The predicted molar refractivity (Wildman–Crippen MR) is 52.0 cm³/mol. The van der Waals surface area contributed by atoms with E-state index in [4.69, 9.17) is 10.5 Å². The van der Waals surface area contributed by atoms with Gasteiger partial charge in [-0.3, -0.25) is 0 Å². The van der Waals surface area contributed by atoms with Gasteiger partial charge in [-0.1, -0.05) is 12.1 Å². The van der Waals surface area contributed by atoms with Crippen molar-refractivity contribution in [3.8, 4) is 5.75 Å². The normalized spacial score (nSPS) is 23.1. The molecular weight excluding hydrogens is 202 g/mol.